The van der Waals surface area contributed by atoms with Gasteiger partial charge in [-0.2, -0.15) is 0 Å². The number of hydrogen-bond donors (Lipinski definition) is 1. The molecule has 1 atom stereocenters. The van der Waals surface area contributed by atoms with E-state index in [1.54, 1.807) is 37.3 Å². The minimum atomic E-state index is -3.66. The zero-order valence-electron chi connectivity index (χ0n) is 24.5. The highest BCUT2D eigenvalue weighted by Gasteiger charge is 2.30. The van der Waals surface area contributed by atoms with Crippen molar-refractivity contribution < 1.29 is 22.4 Å². The first-order chi connectivity index (χ1) is 19.8. The second-order valence-electron chi connectivity index (χ2n) is 10.9. The summed E-state index contributed by atoms with van der Waals surface area (Å²) in [6, 6.07) is 19.5. The maximum atomic E-state index is 13.9. The Balaban J connectivity index is 1.89. The van der Waals surface area contributed by atoms with E-state index in [0.717, 1.165) is 17.4 Å². The number of aryl methyl sites for hydroxylation is 1. The predicted octanol–water partition coefficient (Wildman–Crippen LogP) is 5.75. The van der Waals surface area contributed by atoms with Gasteiger partial charge >= 0.3 is 0 Å². The predicted molar refractivity (Wildman–Crippen MR) is 166 cm³/mol. The molecule has 0 heterocycles. The van der Waals surface area contributed by atoms with Gasteiger partial charge in [0, 0.05) is 37.5 Å². The first-order valence-electron chi connectivity index (χ1n) is 13.9. The molecule has 0 radical (unpaired) electrons. The molecule has 3 rings (SSSR count). The molecular formula is C32H39ClFN3O4S. The van der Waals surface area contributed by atoms with E-state index in [1.807, 2.05) is 44.2 Å². The number of rotatable bonds is 14. The van der Waals surface area contributed by atoms with Crippen LogP contribution < -0.4 is 9.62 Å². The van der Waals surface area contributed by atoms with Gasteiger partial charge in [-0.1, -0.05) is 74.0 Å². The summed E-state index contributed by atoms with van der Waals surface area (Å²) in [5, 5.41) is 3.37. The molecule has 3 aromatic carbocycles. The van der Waals surface area contributed by atoms with E-state index in [-0.39, 0.29) is 50.1 Å². The third-order valence-corrected chi connectivity index (χ3v) is 8.23. The van der Waals surface area contributed by atoms with Gasteiger partial charge in [0.2, 0.25) is 21.8 Å². The molecule has 226 valence electrons. The number of nitrogens with one attached hydrogen (secondary N) is 1. The van der Waals surface area contributed by atoms with E-state index in [1.165, 1.54) is 21.3 Å². The van der Waals surface area contributed by atoms with Crippen molar-refractivity contribution >= 4 is 39.1 Å². The van der Waals surface area contributed by atoms with Crippen LogP contribution in [-0.4, -0.2) is 50.5 Å². The van der Waals surface area contributed by atoms with Gasteiger partial charge in [-0.3, -0.25) is 13.9 Å². The van der Waals surface area contributed by atoms with E-state index >= 15 is 0 Å². The molecule has 3 aromatic rings. The lowest BCUT2D eigenvalue weighted by Gasteiger charge is -2.32. The number of sulfonamides is 1. The van der Waals surface area contributed by atoms with Crippen molar-refractivity contribution in [1.82, 2.24) is 10.2 Å². The lowest BCUT2D eigenvalue weighted by atomic mass is 10.0. The van der Waals surface area contributed by atoms with E-state index in [2.05, 4.69) is 5.32 Å². The number of carbonyl (C=O) groups is 2. The summed E-state index contributed by atoms with van der Waals surface area (Å²) in [6.07, 6.45) is 1.61. The number of benzene rings is 3. The minimum Gasteiger partial charge on any atom is -0.354 e. The first-order valence-corrected chi connectivity index (χ1v) is 16.2. The van der Waals surface area contributed by atoms with E-state index in [0.29, 0.717) is 22.8 Å². The van der Waals surface area contributed by atoms with Gasteiger partial charge in [-0.25, -0.2) is 12.8 Å². The van der Waals surface area contributed by atoms with Crippen LogP contribution in [0.2, 0.25) is 5.02 Å². The van der Waals surface area contributed by atoms with Gasteiger partial charge in [-0.05, 0) is 60.2 Å². The van der Waals surface area contributed by atoms with Crippen LogP contribution in [0, 0.1) is 18.7 Å². The summed E-state index contributed by atoms with van der Waals surface area (Å²) >= 11 is 6.16. The van der Waals surface area contributed by atoms with Gasteiger partial charge in [0.15, 0.2) is 0 Å². The van der Waals surface area contributed by atoms with Crippen LogP contribution in [0.4, 0.5) is 10.1 Å². The number of amides is 2. The molecule has 0 aliphatic rings. The normalized spacial score (nSPS) is 12.2. The first kappa shape index (κ1) is 33.1. The summed E-state index contributed by atoms with van der Waals surface area (Å²) in [4.78, 5) is 28.9. The molecule has 42 heavy (non-hydrogen) atoms. The summed E-state index contributed by atoms with van der Waals surface area (Å²) < 4.78 is 40.3. The smallest absolute Gasteiger partial charge is 0.243 e. The van der Waals surface area contributed by atoms with Crippen LogP contribution in [0.5, 0.6) is 0 Å². The van der Waals surface area contributed by atoms with Crippen molar-refractivity contribution in [2.45, 2.75) is 52.6 Å². The standard InChI is InChI=1S/C32H39ClFN3O4S/c1-23(2)21-35-32(39)30(19-25-9-6-5-7-10-25)36(22-26-13-16-28(34)17-14-26)31(38)11-8-18-37(42(4,40)41)29-20-27(33)15-12-24(29)3/h5-7,9-10,12-17,20,23,30H,8,11,18-19,21-22H2,1-4H3,(H,35,39). The maximum Gasteiger partial charge on any atom is 0.243 e. The van der Waals surface area contributed by atoms with Gasteiger partial charge in [0.1, 0.15) is 11.9 Å². The Morgan fingerprint density at radius 1 is 0.976 bits per heavy atom. The second-order valence-corrected chi connectivity index (χ2v) is 13.2. The number of nitrogens with zero attached hydrogens (tertiary/aromatic N) is 2. The summed E-state index contributed by atoms with van der Waals surface area (Å²) in [7, 11) is -3.66. The monoisotopic (exact) mass is 615 g/mol. The van der Waals surface area contributed by atoms with E-state index < -0.39 is 21.9 Å². The van der Waals surface area contributed by atoms with Crippen LogP contribution in [0.1, 0.15) is 43.4 Å². The highest BCUT2D eigenvalue weighted by molar-refractivity contribution is 7.92. The SMILES string of the molecule is Cc1ccc(Cl)cc1N(CCCC(=O)N(Cc1ccc(F)cc1)C(Cc1ccccc1)C(=O)NCC(C)C)S(C)(=O)=O. The molecule has 0 saturated carbocycles. The molecule has 0 bridgehead atoms. The Morgan fingerprint density at radius 2 is 1.64 bits per heavy atom. The zero-order valence-corrected chi connectivity index (χ0v) is 26.1. The minimum absolute atomic E-state index is 0.00439. The Morgan fingerprint density at radius 3 is 2.26 bits per heavy atom. The van der Waals surface area contributed by atoms with Crippen molar-refractivity contribution in [2.75, 3.05) is 23.7 Å². The third kappa shape index (κ3) is 9.84. The maximum absolute atomic E-state index is 13.9. The highest BCUT2D eigenvalue weighted by Crippen LogP contribution is 2.27. The molecule has 0 fully saturated rings. The van der Waals surface area contributed by atoms with Crippen LogP contribution in [-0.2, 0) is 32.6 Å². The van der Waals surface area contributed by atoms with Crippen molar-refractivity contribution in [3.63, 3.8) is 0 Å². The summed E-state index contributed by atoms with van der Waals surface area (Å²) in [5.74, 6) is -0.777. The fourth-order valence-electron chi connectivity index (χ4n) is 4.60. The lowest BCUT2D eigenvalue weighted by Crippen LogP contribution is -2.51. The van der Waals surface area contributed by atoms with Gasteiger partial charge in [-0.15, -0.1) is 0 Å². The summed E-state index contributed by atoms with van der Waals surface area (Å²) in [5.41, 5.74) is 2.75. The second kappa shape index (κ2) is 15.2. The van der Waals surface area contributed by atoms with Crippen molar-refractivity contribution in [3.05, 3.63) is 100 Å². The molecule has 7 nitrogen and oxygen atoms in total. The van der Waals surface area contributed by atoms with Crippen molar-refractivity contribution in [2.24, 2.45) is 5.92 Å². The molecule has 0 aliphatic heterocycles. The largest absolute Gasteiger partial charge is 0.354 e. The topological polar surface area (TPSA) is 86.8 Å². The number of halogens is 2. The average molecular weight is 616 g/mol. The van der Waals surface area contributed by atoms with Gasteiger partial charge < -0.3 is 10.2 Å². The summed E-state index contributed by atoms with van der Waals surface area (Å²) in [6.45, 7) is 6.37. The van der Waals surface area contributed by atoms with Crippen molar-refractivity contribution in [3.8, 4) is 0 Å². The molecule has 0 spiro atoms. The quantitative estimate of drug-likeness (QED) is 0.250. The number of anilines is 1. The van der Waals surface area contributed by atoms with Crippen LogP contribution >= 0.6 is 11.6 Å². The molecule has 0 saturated heterocycles. The van der Waals surface area contributed by atoms with Crippen LogP contribution in [0.3, 0.4) is 0 Å². The Hall–Kier alpha value is -3.43. The molecule has 1 N–H and O–H groups in total. The average Bonchev–Trinajstić information content (AvgIpc) is 2.94. The fourth-order valence-corrected chi connectivity index (χ4v) is 5.78. The molecular weight excluding hydrogens is 577 g/mol. The van der Waals surface area contributed by atoms with E-state index in [9.17, 15) is 22.4 Å². The lowest BCUT2D eigenvalue weighted by molar-refractivity contribution is -0.141. The molecule has 0 aromatic heterocycles. The van der Waals surface area contributed by atoms with Crippen molar-refractivity contribution in [1.29, 1.82) is 0 Å². The highest BCUT2D eigenvalue weighted by atomic mass is 35.5. The third-order valence-electron chi connectivity index (χ3n) is 6.81. The van der Waals surface area contributed by atoms with Gasteiger partial charge in [0.05, 0.1) is 11.9 Å². The molecule has 10 heteroatoms. The Bertz CT molecular complexity index is 1450. The zero-order chi connectivity index (χ0) is 30.9. The van der Waals surface area contributed by atoms with E-state index in [4.69, 9.17) is 11.6 Å². The van der Waals surface area contributed by atoms with Crippen LogP contribution in [0.25, 0.3) is 0 Å². The molecule has 0 aliphatic carbocycles. The number of hydrogen-bond acceptors (Lipinski definition) is 4. The van der Waals surface area contributed by atoms with Gasteiger partial charge in [0.25, 0.3) is 0 Å². The molecule has 2 amide bonds. The fraction of sp³-hybridized carbons (Fsp3) is 0.375. The molecule has 1 unspecified atom stereocenters. The Labute approximate surface area is 253 Å². The van der Waals surface area contributed by atoms with Crippen LogP contribution in [0.15, 0.2) is 72.8 Å². The Kier molecular flexibility index (Phi) is 11.9. The number of carbonyl (C=O) groups excluding carboxylic acids is 2.